The highest BCUT2D eigenvalue weighted by molar-refractivity contribution is 9.10. The Hall–Kier alpha value is -0.890. The zero-order valence-electron chi connectivity index (χ0n) is 9.84. The predicted octanol–water partition coefficient (Wildman–Crippen LogP) is 2.94. The molecule has 2 fully saturated rings. The molecule has 2 aliphatic rings. The number of nitriles is 1. The third kappa shape index (κ3) is 1.62. The molecule has 4 unspecified atom stereocenters. The summed E-state index contributed by atoms with van der Waals surface area (Å²) in [6.07, 6.45) is 1.74. The molecule has 2 heterocycles. The number of halogens is 1. The Morgan fingerprint density at radius 1 is 1.44 bits per heavy atom. The minimum atomic E-state index is -0.798. The number of aliphatic hydroxyl groups is 1. The topological polar surface area (TPSA) is 53.2 Å². The molecule has 1 N–H and O–H groups in total. The van der Waals surface area contributed by atoms with Crippen molar-refractivity contribution in [3.05, 3.63) is 34.3 Å². The van der Waals surface area contributed by atoms with Crippen LogP contribution in [0.2, 0.25) is 0 Å². The fraction of sp³-hybridized carbons (Fsp3) is 0.500. The van der Waals surface area contributed by atoms with Crippen LogP contribution in [-0.4, -0.2) is 17.3 Å². The summed E-state index contributed by atoms with van der Waals surface area (Å²) < 4.78 is 6.61. The van der Waals surface area contributed by atoms with Crippen LogP contribution in [-0.2, 0) is 4.74 Å². The molecule has 4 heteroatoms. The first-order valence-electron chi connectivity index (χ1n) is 6.16. The van der Waals surface area contributed by atoms with Crippen molar-refractivity contribution < 1.29 is 9.84 Å². The van der Waals surface area contributed by atoms with E-state index < -0.39 is 11.5 Å². The summed E-state index contributed by atoms with van der Waals surface area (Å²) in [4.78, 5) is 0. The highest BCUT2D eigenvalue weighted by Crippen LogP contribution is 2.54. The number of ether oxygens (including phenoxy) is 1. The lowest BCUT2D eigenvalue weighted by Crippen LogP contribution is -2.37. The monoisotopic (exact) mass is 307 g/mol. The van der Waals surface area contributed by atoms with Crippen molar-refractivity contribution >= 4 is 15.9 Å². The minimum Gasteiger partial charge on any atom is -0.387 e. The molecule has 1 aromatic rings. The zero-order chi connectivity index (χ0) is 12.8. The van der Waals surface area contributed by atoms with Crippen molar-refractivity contribution in [1.82, 2.24) is 0 Å². The first kappa shape index (κ1) is 12.2. The van der Waals surface area contributed by atoms with Crippen LogP contribution in [0.5, 0.6) is 0 Å². The fourth-order valence-corrected chi connectivity index (χ4v) is 3.69. The van der Waals surface area contributed by atoms with Crippen LogP contribution in [0.15, 0.2) is 28.7 Å². The van der Waals surface area contributed by atoms with Crippen LogP contribution in [0.25, 0.3) is 0 Å². The van der Waals surface area contributed by atoms with E-state index in [1.165, 1.54) is 0 Å². The fourth-order valence-electron chi connectivity index (χ4n) is 3.18. The zero-order valence-corrected chi connectivity index (χ0v) is 11.4. The van der Waals surface area contributed by atoms with Gasteiger partial charge in [-0.15, -0.1) is 0 Å². The molecule has 1 aromatic carbocycles. The van der Waals surface area contributed by atoms with Crippen LogP contribution in [0.1, 0.15) is 30.9 Å². The molecule has 2 bridgehead atoms. The van der Waals surface area contributed by atoms with Gasteiger partial charge in [0.15, 0.2) is 0 Å². The van der Waals surface area contributed by atoms with E-state index in [2.05, 4.69) is 22.0 Å². The van der Waals surface area contributed by atoms with E-state index in [9.17, 15) is 10.4 Å². The van der Waals surface area contributed by atoms with Crippen molar-refractivity contribution in [2.75, 3.05) is 0 Å². The maximum absolute atomic E-state index is 10.6. The first-order valence-corrected chi connectivity index (χ1v) is 6.96. The molecule has 2 saturated heterocycles. The summed E-state index contributed by atoms with van der Waals surface area (Å²) >= 11 is 3.44. The van der Waals surface area contributed by atoms with Gasteiger partial charge in [-0.05, 0) is 30.9 Å². The number of nitrogens with zero attached hydrogens (tertiary/aromatic N) is 1. The normalized spacial score (nSPS) is 35.4. The van der Waals surface area contributed by atoms with E-state index in [1.54, 1.807) is 0 Å². The Bertz CT molecular complexity index is 513. The molecule has 0 aromatic heterocycles. The summed E-state index contributed by atoms with van der Waals surface area (Å²) in [7, 11) is 0. The predicted molar refractivity (Wildman–Crippen MR) is 69.7 cm³/mol. The second-order valence-corrected chi connectivity index (χ2v) is 5.96. The van der Waals surface area contributed by atoms with E-state index in [0.717, 1.165) is 22.9 Å². The summed E-state index contributed by atoms with van der Waals surface area (Å²) in [5, 5.41) is 20.2. The minimum absolute atomic E-state index is 0.130. The Labute approximate surface area is 115 Å². The van der Waals surface area contributed by atoms with Crippen LogP contribution in [0, 0.1) is 16.7 Å². The molecule has 2 aliphatic heterocycles. The summed E-state index contributed by atoms with van der Waals surface area (Å²) in [6.45, 7) is 0. The van der Waals surface area contributed by atoms with E-state index in [1.807, 2.05) is 24.3 Å². The molecule has 3 rings (SSSR count). The Morgan fingerprint density at radius 2 is 2.22 bits per heavy atom. The van der Waals surface area contributed by atoms with Crippen molar-refractivity contribution in [3.8, 4) is 6.07 Å². The lowest BCUT2D eigenvalue weighted by Gasteiger charge is -2.33. The van der Waals surface area contributed by atoms with E-state index in [0.29, 0.717) is 6.42 Å². The quantitative estimate of drug-likeness (QED) is 0.914. The van der Waals surface area contributed by atoms with Crippen molar-refractivity contribution in [1.29, 1.82) is 5.26 Å². The van der Waals surface area contributed by atoms with Gasteiger partial charge in [0.25, 0.3) is 0 Å². The highest BCUT2D eigenvalue weighted by Gasteiger charge is 2.57. The Kier molecular flexibility index (Phi) is 2.93. The third-order valence-corrected chi connectivity index (χ3v) is 4.87. The molecule has 0 amide bonds. The third-order valence-electron chi connectivity index (χ3n) is 4.14. The maximum atomic E-state index is 10.6. The van der Waals surface area contributed by atoms with E-state index in [4.69, 9.17) is 4.74 Å². The summed E-state index contributed by atoms with van der Waals surface area (Å²) in [5.74, 6) is 0. The molecular formula is C14H14BrNO2. The SMILES string of the molecule is N#CC1(C(O)c2ccccc2Br)CC2CCC1O2. The second-order valence-electron chi connectivity index (χ2n) is 5.10. The van der Waals surface area contributed by atoms with Gasteiger partial charge in [0.2, 0.25) is 0 Å². The standard InChI is InChI=1S/C14H14BrNO2/c15-11-4-2-1-3-10(11)13(17)14(8-16)7-9-5-6-12(14)18-9/h1-4,9,12-13,17H,5-7H2. The molecule has 3 nitrogen and oxygen atoms in total. The molecule has 0 aliphatic carbocycles. The van der Waals surface area contributed by atoms with Gasteiger partial charge in [-0.3, -0.25) is 0 Å². The molecular weight excluding hydrogens is 294 g/mol. The molecule has 4 atom stereocenters. The maximum Gasteiger partial charge on any atom is 0.116 e. The largest absolute Gasteiger partial charge is 0.387 e. The summed E-state index contributed by atoms with van der Waals surface area (Å²) in [6, 6.07) is 9.86. The number of aliphatic hydroxyl groups excluding tert-OH is 1. The van der Waals surface area contributed by atoms with Crippen LogP contribution < -0.4 is 0 Å². The van der Waals surface area contributed by atoms with Gasteiger partial charge in [-0.1, -0.05) is 34.1 Å². The van der Waals surface area contributed by atoms with Crippen molar-refractivity contribution in [2.24, 2.45) is 5.41 Å². The van der Waals surface area contributed by atoms with Gasteiger partial charge < -0.3 is 9.84 Å². The summed E-state index contributed by atoms with van der Waals surface area (Å²) in [5.41, 5.74) is -0.0116. The van der Waals surface area contributed by atoms with Gasteiger partial charge in [0.05, 0.1) is 18.3 Å². The molecule has 0 saturated carbocycles. The molecule has 18 heavy (non-hydrogen) atoms. The molecule has 0 radical (unpaired) electrons. The van der Waals surface area contributed by atoms with Crippen LogP contribution in [0.3, 0.4) is 0 Å². The number of hydrogen-bond acceptors (Lipinski definition) is 3. The first-order chi connectivity index (χ1) is 8.67. The molecule has 0 spiro atoms. The van der Waals surface area contributed by atoms with Crippen molar-refractivity contribution in [2.45, 2.75) is 37.6 Å². The van der Waals surface area contributed by atoms with Gasteiger partial charge in [-0.2, -0.15) is 5.26 Å². The lowest BCUT2D eigenvalue weighted by atomic mass is 9.69. The molecule has 94 valence electrons. The average molecular weight is 308 g/mol. The van der Waals surface area contributed by atoms with Crippen LogP contribution in [0.4, 0.5) is 0 Å². The number of hydrogen-bond donors (Lipinski definition) is 1. The van der Waals surface area contributed by atoms with Gasteiger partial charge in [0, 0.05) is 4.47 Å². The van der Waals surface area contributed by atoms with Crippen molar-refractivity contribution in [3.63, 3.8) is 0 Å². The smallest absolute Gasteiger partial charge is 0.116 e. The number of benzene rings is 1. The van der Waals surface area contributed by atoms with Crippen LogP contribution >= 0.6 is 15.9 Å². The van der Waals surface area contributed by atoms with Gasteiger partial charge >= 0.3 is 0 Å². The Morgan fingerprint density at radius 3 is 2.78 bits per heavy atom. The van der Waals surface area contributed by atoms with E-state index in [-0.39, 0.29) is 12.2 Å². The number of fused-ring (bicyclic) bond motifs is 2. The van der Waals surface area contributed by atoms with Gasteiger partial charge in [0.1, 0.15) is 11.5 Å². The Balaban J connectivity index is 1.99. The second kappa shape index (κ2) is 4.34. The highest BCUT2D eigenvalue weighted by atomic mass is 79.9. The van der Waals surface area contributed by atoms with Gasteiger partial charge in [-0.25, -0.2) is 0 Å². The average Bonchev–Trinajstić information content (AvgIpc) is 2.99. The lowest BCUT2D eigenvalue weighted by molar-refractivity contribution is 0.00306. The van der Waals surface area contributed by atoms with E-state index >= 15 is 0 Å². The number of rotatable bonds is 2.